The molecule has 0 aliphatic carbocycles. The van der Waals surface area contributed by atoms with Gasteiger partial charge in [-0.1, -0.05) is 30.3 Å². The van der Waals surface area contributed by atoms with Crippen LogP contribution in [0.2, 0.25) is 0 Å². The summed E-state index contributed by atoms with van der Waals surface area (Å²) in [5, 5.41) is 5.22. The summed E-state index contributed by atoms with van der Waals surface area (Å²) in [6, 6.07) is 13.8. The number of anilines is 1. The zero-order valence-electron chi connectivity index (χ0n) is 18.1. The molecular formula is C22H27N3O6S. The van der Waals surface area contributed by atoms with Crippen LogP contribution in [-0.2, 0) is 35.6 Å². The van der Waals surface area contributed by atoms with Gasteiger partial charge in [-0.05, 0) is 50.1 Å². The Morgan fingerprint density at radius 2 is 1.59 bits per heavy atom. The number of sulfonamides is 1. The van der Waals surface area contributed by atoms with Crippen LogP contribution in [0.1, 0.15) is 26.3 Å². The summed E-state index contributed by atoms with van der Waals surface area (Å²) < 4.78 is 32.3. The molecule has 0 radical (unpaired) electrons. The van der Waals surface area contributed by atoms with Gasteiger partial charge in [0.05, 0.1) is 4.90 Å². The van der Waals surface area contributed by atoms with Gasteiger partial charge in [0.1, 0.15) is 6.04 Å². The average Bonchev–Trinajstić information content (AvgIpc) is 2.74. The number of benzene rings is 2. The molecule has 0 bridgehead atoms. The van der Waals surface area contributed by atoms with E-state index in [2.05, 4.69) is 15.4 Å². The molecule has 0 spiro atoms. The largest absolute Gasteiger partial charge is 0.451 e. The third kappa shape index (κ3) is 7.78. The Balaban J connectivity index is 1.85. The summed E-state index contributed by atoms with van der Waals surface area (Å²) in [6.07, 6.45) is -0.452. The van der Waals surface area contributed by atoms with Gasteiger partial charge in [0.25, 0.3) is 5.91 Å². The molecular weight excluding hydrogens is 434 g/mol. The molecule has 0 aromatic heterocycles. The lowest BCUT2D eigenvalue weighted by molar-refractivity contribution is -0.156. The smallest absolute Gasteiger partial charge is 0.324 e. The fraction of sp³-hybridized carbons (Fsp3) is 0.318. The van der Waals surface area contributed by atoms with Crippen molar-refractivity contribution in [3.63, 3.8) is 0 Å². The number of hydrogen-bond acceptors (Lipinski definition) is 6. The van der Waals surface area contributed by atoms with Crippen LogP contribution in [0.5, 0.6) is 0 Å². The van der Waals surface area contributed by atoms with E-state index in [1.54, 1.807) is 0 Å². The topological polar surface area (TPSA) is 131 Å². The lowest BCUT2D eigenvalue weighted by Gasteiger charge is -2.18. The van der Waals surface area contributed by atoms with Crippen LogP contribution in [-0.4, -0.2) is 44.9 Å². The van der Waals surface area contributed by atoms with Gasteiger partial charge < -0.3 is 15.4 Å². The molecule has 172 valence electrons. The molecule has 0 saturated carbocycles. The van der Waals surface area contributed by atoms with E-state index in [1.165, 1.54) is 45.0 Å². The number of nitrogens with one attached hydrogen (secondary N) is 3. The van der Waals surface area contributed by atoms with Gasteiger partial charge in [-0.3, -0.25) is 14.4 Å². The van der Waals surface area contributed by atoms with Crippen LogP contribution < -0.4 is 15.4 Å². The van der Waals surface area contributed by atoms with E-state index in [9.17, 15) is 22.8 Å². The van der Waals surface area contributed by atoms with E-state index in [4.69, 9.17) is 4.74 Å². The molecule has 32 heavy (non-hydrogen) atoms. The van der Waals surface area contributed by atoms with E-state index in [1.807, 2.05) is 30.3 Å². The number of ether oxygens (including phenoxy) is 1. The lowest BCUT2D eigenvalue weighted by Crippen LogP contribution is -2.43. The minimum Gasteiger partial charge on any atom is -0.451 e. The first-order chi connectivity index (χ1) is 15.1. The highest BCUT2D eigenvalue weighted by Gasteiger charge is 2.26. The van der Waals surface area contributed by atoms with Crippen molar-refractivity contribution in [2.75, 3.05) is 11.9 Å². The van der Waals surface area contributed by atoms with Crippen molar-refractivity contribution >= 4 is 33.5 Å². The van der Waals surface area contributed by atoms with Crippen LogP contribution in [0, 0.1) is 0 Å². The van der Waals surface area contributed by atoms with Crippen molar-refractivity contribution < 1.29 is 27.5 Å². The van der Waals surface area contributed by atoms with Gasteiger partial charge >= 0.3 is 5.97 Å². The van der Waals surface area contributed by atoms with Gasteiger partial charge in [-0.25, -0.2) is 8.42 Å². The highest BCUT2D eigenvalue weighted by molar-refractivity contribution is 7.89. The van der Waals surface area contributed by atoms with E-state index >= 15 is 0 Å². The van der Waals surface area contributed by atoms with E-state index in [0.29, 0.717) is 18.7 Å². The zero-order valence-corrected chi connectivity index (χ0v) is 18.9. The summed E-state index contributed by atoms with van der Waals surface area (Å²) in [7, 11) is -4.01. The number of rotatable bonds is 10. The van der Waals surface area contributed by atoms with Crippen molar-refractivity contribution in [1.29, 1.82) is 0 Å². The molecule has 9 nitrogen and oxygen atoms in total. The van der Waals surface area contributed by atoms with Crippen LogP contribution in [0.3, 0.4) is 0 Å². The number of carbonyl (C=O) groups is 3. The normalized spacial score (nSPS) is 13.0. The Hall–Kier alpha value is -3.24. The SMILES string of the molecule is CC(=O)Nc1ccc(S(=O)(=O)N[C@@H](C)C(=O)OC(C)C(=O)NCCc2ccccc2)cc1. The Morgan fingerprint density at radius 1 is 0.969 bits per heavy atom. The van der Waals surface area contributed by atoms with Gasteiger partial charge in [0.2, 0.25) is 15.9 Å². The van der Waals surface area contributed by atoms with Crippen molar-refractivity contribution in [1.82, 2.24) is 10.0 Å². The molecule has 0 aliphatic rings. The Morgan fingerprint density at radius 3 is 2.19 bits per heavy atom. The maximum atomic E-state index is 12.5. The van der Waals surface area contributed by atoms with Crippen LogP contribution >= 0.6 is 0 Å². The first-order valence-electron chi connectivity index (χ1n) is 10.0. The molecule has 2 atom stereocenters. The first-order valence-corrected chi connectivity index (χ1v) is 11.5. The standard InChI is InChI=1S/C22H27N3O6S/c1-15(25-32(29,30)20-11-9-19(10-12-20)24-17(3)26)22(28)31-16(2)21(27)23-14-13-18-7-5-4-6-8-18/h4-12,15-16,25H,13-14H2,1-3H3,(H,23,27)(H,24,26)/t15-,16?/m0/s1. The monoisotopic (exact) mass is 461 g/mol. The summed E-state index contributed by atoms with van der Waals surface area (Å²) in [5.41, 5.74) is 1.50. The van der Waals surface area contributed by atoms with Crippen LogP contribution in [0.15, 0.2) is 59.5 Å². The summed E-state index contributed by atoms with van der Waals surface area (Å²) in [4.78, 5) is 35.4. The number of amides is 2. The first kappa shape index (κ1) is 25.0. The van der Waals surface area contributed by atoms with E-state index in [-0.39, 0.29) is 10.8 Å². The highest BCUT2D eigenvalue weighted by Crippen LogP contribution is 2.14. The molecule has 2 aromatic carbocycles. The molecule has 3 N–H and O–H groups in total. The van der Waals surface area contributed by atoms with Gasteiger partial charge in [-0.2, -0.15) is 4.72 Å². The van der Waals surface area contributed by atoms with Gasteiger partial charge in [0.15, 0.2) is 6.10 Å². The van der Waals surface area contributed by atoms with Crippen molar-refractivity contribution in [2.45, 2.75) is 44.2 Å². The molecule has 0 aliphatic heterocycles. The second kappa shape index (κ2) is 11.4. The number of carbonyl (C=O) groups excluding carboxylic acids is 3. The summed E-state index contributed by atoms with van der Waals surface area (Å²) in [5.74, 6) is -1.64. The quantitative estimate of drug-likeness (QED) is 0.461. The molecule has 2 amide bonds. The number of hydrogen-bond donors (Lipinski definition) is 3. The minimum absolute atomic E-state index is 0.0852. The fourth-order valence-corrected chi connectivity index (χ4v) is 3.91. The van der Waals surface area contributed by atoms with Crippen molar-refractivity contribution in [3.8, 4) is 0 Å². The molecule has 0 heterocycles. The summed E-state index contributed by atoms with van der Waals surface area (Å²) in [6.45, 7) is 4.45. The van der Waals surface area contributed by atoms with Gasteiger partial charge in [0, 0.05) is 19.2 Å². The van der Waals surface area contributed by atoms with Gasteiger partial charge in [-0.15, -0.1) is 0 Å². The Labute approximate surface area is 187 Å². The van der Waals surface area contributed by atoms with Crippen LogP contribution in [0.25, 0.3) is 0 Å². The second-order valence-electron chi connectivity index (χ2n) is 7.15. The summed E-state index contributed by atoms with van der Waals surface area (Å²) >= 11 is 0. The predicted molar refractivity (Wildman–Crippen MR) is 119 cm³/mol. The molecule has 2 aromatic rings. The maximum Gasteiger partial charge on any atom is 0.324 e. The fourth-order valence-electron chi connectivity index (χ4n) is 2.72. The minimum atomic E-state index is -4.01. The zero-order chi connectivity index (χ0) is 23.7. The lowest BCUT2D eigenvalue weighted by atomic mass is 10.1. The second-order valence-corrected chi connectivity index (χ2v) is 8.87. The molecule has 0 fully saturated rings. The third-order valence-corrected chi connectivity index (χ3v) is 5.94. The molecule has 10 heteroatoms. The Kier molecular flexibility index (Phi) is 8.91. The Bertz CT molecular complexity index is 1040. The molecule has 0 saturated heterocycles. The van der Waals surface area contributed by atoms with Crippen LogP contribution in [0.4, 0.5) is 5.69 Å². The maximum absolute atomic E-state index is 12.5. The van der Waals surface area contributed by atoms with E-state index < -0.39 is 34.0 Å². The van der Waals surface area contributed by atoms with Crippen molar-refractivity contribution in [2.24, 2.45) is 0 Å². The van der Waals surface area contributed by atoms with Crippen molar-refractivity contribution in [3.05, 3.63) is 60.2 Å². The molecule has 1 unspecified atom stereocenters. The molecule has 2 rings (SSSR count). The third-order valence-electron chi connectivity index (χ3n) is 4.39. The van der Waals surface area contributed by atoms with E-state index in [0.717, 1.165) is 5.56 Å². The number of esters is 1. The average molecular weight is 462 g/mol. The predicted octanol–water partition coefficient (Wildman–Crippen LogP) is 1.60. The highest BCUT2D eigenvalue weighted by atomic mass is 32.2.